The molecule has 23 heavy (non-hydrogen) atoms. The first-order valence-electron chi connectivity index (χ1n) is 6.15. The Morgan fingerprint density at radius 1 is 0.957 bits per heavy atom. The van der Waals surface area contributed by atoms with Crippen LogP contribution in [0.5, 0.6) is 0 Å². The van der Waals surface area contributed by atoms with Crippen LogP contribution in [0.25, 0.3) is 0 Å². The normalized spacial score (nSPS) is 11.7. The van der Waals surface area contributed by atoms with E-state index in [0.29, 0.717) is 5.56 Å². The molecule has 0 spiro atoms. The minimum Gasteiger partial charge on any atom is -0.264 e. The summed E-state index contributed by atoms with van der Waals surface area (Å²) in [7, 11) is -4.92. The van der Waals surface area contributed by atoms with E-state index < -0.39 is 44.0 Å². The summed E-state index contributed by atoms with van der Waals surface area (Å²) in [5.74, 6) is -11.9. The SMILES string of the molecule is O=S(=O)(NCCc1cccnc1)c1c(F)c(F)c(F)c(F)c1F. The smallest absolute Gasteiger partial charge is 0.246 e. The van der Waals surface area contributed by atoms with E-state index in [4.69, 9.17) is 0 Å². The summed E-state index contributed by atoms with van der Waals surface area (Å²) in [6.45, 7) is -0.312. The fourth-order valence-corrected chi connectivity index (χ4v) is 2.93. The second kappa shape index (κ2) is 6.59. The summed E-state index contributed by atoms with van der Waals surface area (Å²) >= 11 is 0. The second-order valence-corrected chi connectivity index (χ2v) is 6.11. The first-order chi connectivity index (χ1) is 10.8. The lowest BCUT2D eigenvalue weighted by atomic mass is 10.2. The first kappa shape index (κ1) is 17.3. The van der Waals surface area contributed by atoms with E-state index in [1.54, 1.807) is 16.9 Å². The Balaban J connectivity index is 2.27. The number of aromatic nitrogens is 1. The predicted molar refractivity (Wildman–Crippen MR) is 69.4 cm³/mol. The van der Waals surface area contributed by atoms with Gasteiger partial charge in [0.25, 0.3) is 0 Å². The Morgan fingerprint density at radius 2 is 1.52 bits per heavy atom. The van der Waals surface area contributed by atoms with Gasteiger partial charge in [0.05, 0.1) is 0 Å². The zero-order chi connectivity index (χ0) is 17.2. The Hall–Kier alpha value is -2.07. The number of benzene rings is 1. The molecule has 4 nitrogen and oxygen atoms in total. The number of halogens is 5. The molecule has 0 saturated carbocycles. The van der Waals surface area contributed by atoms with Crippen molar-refractivity contribution in [1.29, 1.82) is 0 Å². The van der Waals surface area contributed by atoms with Gasteiger partial charge in [-0.05, 0) is 18.1 Å². The van der Waals surface area contributed by atoms with E-state index in [9.17, 15) is 30.4 Å². The van der Waals surface area contributed by atoms with Crippen LogP contribution in [-0.4, -0.2) is 19.9 Å². The van der Waals surface area contributed by atoms with Gasteiger partial charge in [0.2, 0.25) is 15.8 Å². The van der Waals surface area contributed by atoms with E-state index in [0.717, 1.165) is 0 Å². The highest BCUT2D eigenvalue weighted by Gasteiger charge is 2.33. The number of nitrogens with zero attached hydrogens (tertiary/aromatic N) is 1. The van der Waals surface area contributed by atoms with Crippen LogP contribution in [0.1, 0.15) is 5.56 Å². The zero-order valence-electron chi connectivity index (χ0n) is 11.3. The molecule has 0 unspecified atom stereocenters. The summed E-state index contributed by atoms with van der Waals surface area (Å²) in [6, 6.07) is 3.22. The highest BCUT2D eigenvalue weighted by molar-refractivity contribution is 7.89. The number of nitrogens with one attached hydrogen (secondary N) is 1. The summed E-state index contributed by atoms with van der Waals surface area (Å²) in [5.41, 5.74) is 0.618. The van der Waals surface area contributed by atoms with E-state index >= 15 is 0 Å². The van der Waals surface area contributed by atoms with Gasteiger partial charge >= 0.3 is 0 Å². The summed E-state index contributed by atoms with van der Waals surface area (Å²) in [4.78, 5) is 1.88. The number of hydrogen-bond donors (Lipinski definition) is 1. The van der Waals surface area contributed by atoms with Crippen LogP contribution >= 0.6 is 0 Å². The maximum atomic E-state index is 13.5. The molecule has 0 atom stereocenters. The first-order valence-corrected chi connectivity index (χ1v) is 7.64. The van der Waals surface area contributed by atoms with E-state index in [1.807, 2.05) is 0 Å². The molecule has 10 heteroatoms. The molecule has 0 radical (unpaired) electrons. The van der Waals surface area contributed by atoms with Crippen molar-refractivity contribution >= 4 is 10.0 Å². The maximum Gasteiger partial charge on any atom is 0.246 e. The third-order valence-electron chi connectivity index (χ3n) is 2.87. The number of sulfonamides is 1. The molecular weight excluding hydrogens is 343 g/mol. The molecule has 0 amide bonds. The van der Waals surface area contributed by atoms with Gasteiger partial charge in [-0.2, -0.15) is 0 Å². The molecule has 0 aliphatic carbocycles. The highest BCUT2D eigenvalue weighted by Crippen LogP contribution is 2.26. The van der Waals surface area contributed by atoms with Crippen LogP contribution in [0.2, 0.25) is 0 Å². The van der Waals surface area contributed by atoms with Crippen LogP contribution in [0.3, 0.4) is 0 Å². The van der Waals surface area contributed by atoms with Crippen LogP contribution in [0.4, 0.5) is 22.0 Å². The highest BCUT2D eigenvalue weighted by atomic mass is 32.2. The Kier molecular flexibility index (Phi) is 4.95. The molecule has 2 rings (SSSR count). The summed E-state index contributed by atoms with van der Waals surface area (Å²) in [6.07, 6.45) is 3.04. The van der Waals surface area contributed by atoms with E-state index in [2.05, 4.69) is 4.98 Å². The lowest BCUT2D eigenvalue weighted by Crippen LogP contribution is -2.29. The third kappa shape index (κ3) is 3.48. The van der Waals surface area contributed by atoms with Gasteiger partial charge in [-0.1, -0.05) is 6.07 Å². The minimum atomic E-state index is -4.92. The fraction of sp³-hybridized carbons (Fsp3) is 0.154. The standard InChI is InChI=1S/C13H9F5N2O2S/c14-8-9(15)11(17)13(12(18)10(8)16)23(21,22)20-5-3-7-2-1-4-19-6-7/h1-2,4,6,20H,3,5H2. The summed E-state index contributed by atoms with van der Waals surface area (Å²) < 4.78 is 91.4. The predicted octanol–water partition coefficient (Wildman–Crippen LogP) is 2.30. The van der Waals surface area contributed by atoms with Crippen LogP contribution in [0.15, 0.2) is 29.4 Å². The molecule has 1 aromatic heterocycles. The van der Waals surface area contributed by atoms with Gasteiger partial charge in [0.1, 0.15) is 0 Å². The van der Waals surface area contributed by atoms with Crippen LogP contribution in [-0.2, 0) is 16.4 Å². The molecular formula is C13H9F5N2O2S. The quantitative estimate of drug-likeness (QED) is 0.510. The number of rotatable bonds is 5. The monoisotopic (exact) mass is 352 g/mol. The molecule has 1 N–H and O–H groups in total. The molecule has 2 aromatic rings. The van der Waals surface area contributed by atoms with E-state index in [-0.39, 0.29) is 13.0 Å². The van der Waals surface area contributed by atoms with Crippen molar-refractivity contribution in [3.63, 3.8) is 0 Å². The molecule has 0 bridgehead atoms. The van der Waals surface area contributed by atoms with Crippen molar-refractivity contribution in [2.75, 3.05) is 6.54 Å². The Bertz CT molecular complexity index is 799. The third-order valence-corrected chi connectivity index (χ3v) is 4.35. The van der Waals surface area contributed by atoms with Gasteiger partial charge in [0.15, 0.2) is 28.2 Å². The topological polar surface area (TPSA) is 59.1 Å². The minimum absolute atomic E-state index is 0.114. The van der Waals surface area contributed by atoms with Gasteiger partial charge in [-0.3, -0.25) is 4.98 Å². The van der Waals surface area contributed by atoms with Crippen molar-refractivity contribution in [3.05, 3.63) is 59.2 Å². The van der Waals surface area contributed by atoms with Crippen LogP contribution in [0, 0.1) is 29.1 Å². The van der Waals surface area contributed by atoms with Gasteiger partial charge < -0.3 is 0 Å². The van der Waals surface area contributed by atoms with Crippen molar-refractivity contribution in [1.82, 2.24) is 9.71 Å². The lowest BCUT2D eigenvalue weighted by molar-refractivity contribution is 0.357. The van der Waals surface area contributed by atoms with Crippen LogP contribution < -0.4 is 4.72 Å². The van der Waals surface area contributed by atoms with Crippen molar-refractivity contribution in [2.45, 2.75) is 11.3 Å². The van der Waals surface area contributed by atoms with Crippen molar-refractivity contribution in [2.24, 2.45) is 0 Å². The molecule has 0 aliphatic heterocycles. The molecule has 0 saturated heterocycles. The molecule has 0 aliphatic rings. The average molecular weight is 352 g/mol. The zero-order valence-corrected chi connectivity index (χ0v) is 12.1. The van der Waals surface area contributed by atoms with Gasteiger partial charge in [-0.25, -0.2) is 35.1 Å². The molecule has 0 fully saturated rings. The Labute approximate surface area is 128 Å². The van der Waals surface area contributed by atoms with E-state index in [1.165, 1.54) is 12.4 Å². The number of pyridine rings is 1. The van der Waals surface area contributed by atoms with Crippen molar-refractivity contribution < 1.29 is 30.4 Å². The number of hydrogen-bond acceptors (Lipinski definition) is 3. The largest absolute Gasteiger partial charge is 0.264 e. The molecule has 1 heterocycles. The average Bonchev–Trinajstić information content (AvgIpc) is 2.52. The fourth-order valence-electron chi connectivity index (χ4n) is 1.77. The van der Waals surface area contributed by atoms with Gasteiger partial charge in [-0.15, -0.1) is 0 Å². The second-order valence-electron chi connectivity index (χ2n) is 4.41. The van der Waals surface area contributed by atoms with Crippen molar-refractivity contribution in [3.8, 4) is 0 Å². The lowest BCUT2D eigenvalue weighted by Gasteiger charge is -2.10. The summed E-state index contributed by atoms with van der Waals surface area (Å²) in [5, 5.41) is 0. The van der Waals surface area contributed by atoms with Gasteiger partial charge in [0, 0.05) is 18.9 Å². The molecule has 124 valence electrons. The Morgan fingerprint density at radius 3 is 2.04 bits per heavy atom. The maximum absolute atomic E-state index is 13.5. The molecule has 1 aromatic carbocycles.